The van der Waals surface area contributed by atoms with Crippen molar-refractivity contribution in [3.05, 3.63) is 36.0 Å². The molecule has 7 nitrogen and oxygen atoms in total. The first-order valence-electron chi connectivity index (χ1n) is 7.75. The molecule has 0 heterocycles. The summed E-state index contributed by atoms with van der Waals surface area (Å²) in [6.45, 7) is 1.78. The first-order valence-corrected chi connectivity index (χ1v) is 9.23. The summed E-state index contributed by atoms with van der Waals surface area (Å²) in [7, 11) is -3.94. The molecule has 1 aliphatic rings. The molecular weight excluding hydrogens is 340 g/mol. The minimum atomic E-state index is -3.94. The van der Waals surface area contributed by atoms with Crippen LogP contribution >= 0.6 is 0 Å². The van der Waals surface area contributed by atoms with E-state index < -0.39 is 21.3 Å². The molecule has 0 unspecified atom stereocenters. The lowest BCUT2D eigenvalue weighted by Crippen LogP contribution is -2.40. The highest BCUT2D eigenvalue weighted by molar-refractivity contribution is 7.90. The standard InChI is InChI=1S/C17H18N4O3S/c1-17(8-2-3-9-17)16(22)21-25(23,24)15-6-4-14(5-7-15)20-12-13(10-18)11-19/h4-7,12,20H,2-3,8-9H2,1H3,(H,21,22). The number of nitrogens with one attached hydrogen (secondary N) is 2. The number of carbonyl (C=O) groups excluding carboxylic acids is 1. The summed E-state index contributed by atoms with van der Waals surface area (Å²) in [5, 5.41) is 20.0. The van der Waals surface area contributed by atoms with E-state index in [2.05, 4.69) is 10.0 Å². The van der Waals surface area contributed by atoms with Crippen LogP contribution in [0.4, 0.5) is 5.69 Å². The van der Waals surface area contributed by atoms with Gasteiger partial charge in [0, 0.05) is 17.3 Å². The number of rotatable bonds is 5. The van der Waals surface area contributed by atoms with Crippen molar-refractivity contribution in [3.63, 3.8) is 0 Å². The fourth-order valence-corrected chi connectivity index (χ4v) is 3.76. The van der Waals surface area contributed by atoms with Gasteiger partial charge in [0.2, 0.25) is 5.91 Å². The molecule has 0 bridgehead atoms. The number of sulfonamides is 1. The van der Waals surface area contributed by atoms with Gasteiger partial charge in [0.05, 0.1) is 4.90 Å². The van der Waals surface area contributed by atoms with E-state index >= 15 is 0 Å². The zero-order valence-corrected chi connectivity index (χ0v) is 14.6. The zero-order valence-electron chi connectivity index (χ0n) is 13.7. The smallest absolute Gasteiger partial charge is 0.264 e. The second kappa shape index (κ2) is 7.37. The minimum absolute atomic E-state index is 0.0298. The summed E-state index contributed by atoms with van der Waals surface area (Å²) in [4.78, 5) is 12.3. The fraction of sp³-hybridized carbons (Fsp3) is 0.353. The Morgan fingerprint density at radius 2 is 1.72 bits per heavy atom. The highest BCUT2D eigenvalue weighted by Gasteiger charge is 2.38. The number of allylic oxidation sites excluding steroid dienone is 1. The molecule has 25 heavy (non-hydrogen) atoms. The summed E-state index contributed by atoms with van der Waals surface area (Å²) in [6, 6.07) is 9.07. The largest absolute Gasteiger partial charge is 0.360 e. The van der Waals surface area contributed by atoms with Crippen LogP contribution < -0.4 is 10.0 Å². The third-order valence-electron chi connectivity index (χ3n) is 4.27. The Labute approximate surface area is 147 Å². The van der Waals surface area contributed by atoms with Gasteiger partial charge in [-0.1, -0.05) is 19.8 Å². The molecule has 2 rings (SSSR count). The second-order valence-electron chi connectivity index (χ2n) is 6.15. The molecule has 1 amide bonds. The van der Waals surface area contributed by atoms with Gasteiger partial charge in [-0.25, -0.2) is 13.1 Å². The lowest BCUT2D eigenvalue weighted by atomic mass is 9.88. The topological polar surface area (TPSA) is 123 Å². The van der Waals surface area contributed by atoms with Crippen molar-refractivity contribution in [2.24, 2.45) is 5.41 Å². The van der Waals surface area contributed by atoms with Gasteiger partial charge in [-0.15, -0.1) is 0 Å². The highest BCUT2D eigenvalue weighted by atomic mass is 32.2. The van der Waals surface area contributed by atoms with Crippen LogP contribution in [0, 0.1) is 28.1 Å². The lowest BCUT2D eigenvalue weighted by Gasteiger charge is -2.22. The van der Waals surface area contributed by atoms with Crippen LogP contribution in [0.5, 0.6) is 0 Å². The Morgan fingerprint density at radius 3 is 2.24 bits per heavy atom. The average Bonchev–Trinajstić information content (AvgIpc) is 3.04. The Balaban J connectivity index is 2.10. The van der Waals surface area contributed by atoms with Gasteiger partial charge in [0.15, 0.2) is 0 Å². The van der Waals surface area contributed by atoms with Crippen molar-refractivity contribution in [3.8, 4) is 12.1 Å². The number of hydrogen-bond donors (Lipinski definition) is 2. The minimum Gasteiger partial charge on any atom is -0.360 e. The predicted octanol–water partition coefficient (Wildman–Crippen LogP) is 2.41. The number of nitrogens with zero attached hydrogens (tertiary/aromatic N) is 2. The van der Waals surface area contributed by atoms with Crippen molar-refractivity contribution < 1.29 is 13.2 Å². The van der Waals surface area contributed by atoms with Crippen molar-refractivity contribution >= 4 is 21.6 Å². The Hall–Kier alpha value is -2.84. The number of anilines is 1. The fourth-order valence-electron chi connectivity index (χ4n) is 2.66. The maximum Gasteiger partial charge on any atom is 0.264 e. The van der Waals surface area contributed by atoms with Gasteiger partial charge >= 0.3 is 0 Å². The molecule has 0 atom stereocenters. The number of amides is 1. The van der Waals surface area contributed by atoms with Crippen LogP contribution in [0.1, 0.15) is 32.6 Å². The van der Waals surface area contributed by atoms with Crippen molar-refractivity contribution in [2.45, 2.75) is 37.5 Å². The van der Waals surface area contributed by atoms with Crippen LogP contribution in [0.2, 0.25) is 0 Å². The molecule has 2 N–H and O–H groups in total. The first kappa shape index (κ1) is 18.5. The van der Waals surface area contributed by atoms with E-state index in [0.717, 1.165) is 12.8 Å². The van der Waals surface area contributed by atoms with E-state index in [9.17, 15) is 13.2 Å². The summed E-state index contributed by atoms with van der Waals surface area (Å²) >= 11 is 0. The number of nitriles is 2. The highest BCUT2D eigenvalue weighted by Crippen LogP contribution is 2.37. The van der Waals surface area contributed by atoms with Gasteiger partial charge in [-0.2, -0.15) is 10.5 Å². The first-order chi connectivity index (χ1) is 11.8. The van der Waals surface area contributed by atoms with E-state index in [1.807, 2.05) is 0 Å². The summed E-state index contributed by atoms with van der Waals surface area (Å²) in [5.41, 5.74) is -0.227. The molecular formula is C17H18N4O3S. The number of benzene rings is 1. The molecule has 1 fully saturated rings. The van der Waals surface area contributed by atoms with Crippen molar-refractivity contribution in [1.82, 2.24) is 4.72 Å². The van der Waals surface area contributed by atoms with E-state index in [1.165, 1.54) is 30.5 Å². The summed E-state index contributed by atoms with van der Waals surface area (Å²) in [6.07, 6.45) is 4.44. The Morgan fingerprint density at radius 1 is 1.16 bits per heavy atom. The van der Waals surface area contributed by atoms with Crippen molar-refractivity contribution in [1.29, 1.82) is 10.5 Å². The van der Waals surface area contributed by atoms with Gasteiger partial charge < -0.3 is 5.32 Å². The molecule has 8 heteroatoms. The Bertz CT molecular complexity index is 852. The third kappa shape index (κ3) is 4.37. The van der Waals surface area contributed by atoms with Crippen LogP contribution in [0.25, 0.3) is 0 Å². The molecule has 0 radical (unpaired) electrons. The quantitative estimate of drug-likeness (QED) is 0.779. The maximum absolute atomic E-state index is 12.4. The maximum atomic E-state index is 12.4. The summed E-state index contributed by atoms with van der Waals surface area (Å²) < 4.78 is 26.9. The van der Waals surface area contributed by atoms with Crippen LogP contribution in [-0.2, 0) is 14.8 Å². The van der Waals surface area contributed by atoms with E-state index in [-0.39, 0.29) is 10.5 Å². The SMILES string of the molecule is CC1(C(=O)NS(=O)(=O)c2ccc(NC=C(C#N)C#N)cc2)CCCC1. The number of carbonyl (C=O) groups is 1. The average molecular weight is 358 g/mol. The number of hydrogen-bond acceptors (Lipinski definition) is 6. The van der Waals surface area contributed by atoms with E-state index in [4.69, 9.17) is 10.5 Å². The Kier molecular flexibility index (Phi) is 5.45. The molecule has 1 aliphatic carbocycles. The van der Waals surface area contributed by atoms with Crippen LogP contribution in [0.3, 0.4) is 0 Å². The monoisotopic (exact) mass is 358 g/mol. The predicted molar refractivity (Wildman–Crippen MR) is 91.3 cm³/mol. The molecule has 1 aromatic carbocycles. The molecule has 130 valence electrons. The normalized spacial score (nSPS) is 15.5. The molecule has 0 spiro atoms. The molecule has 0 aliphatic heterocycles. The van der Waals surface area contributed by atoms with E-state index in [1.54, 1.807) is 19.1 Å². The molecule has 1 saturated carbocycles. The van der Waals surface area contributed by atoms with Gasteiger partial charge in [0.25, 0.3) is 10.0 Å². The van der Waals surface area contributed by atoms with Crippen LogP contribution in [0.15, 0.2) is 40.9 Å². The molecule has 0 saturated heterocycles. The van der Waals surface area contributed by atoms with Gasteiger partial charge in [0.1, 0.15) is 17.7 Å². The summed E-state index contributed by atoms with van der Waals surface area (Å²) in [5.74, 6) is -0.470. The van der Waals surface area contributed by atoms with Crippen molar-refractivity contribution in [2.75, 3.05) is 5.32 Å². The van der Waals surface area contributed by atoms with E-state index in [0.29, 0.717) is 18.5 Å². The van der Waals surface area contributed by atoms with Crippen LogP contribution in [-0.4, -0.2) is 14.3 Å². The molecule has 0 aromatic heterocycles. The van der Waals surface area contributed by atoms with Gasteiger partial charge in [-0.3, -0.25) is 4.79 Å². The van der Waals surface area contributed by atoms with Gasteiger partial charge in [-0.05, 0) is 37.1 Å². The lowest BCUT2D eigenvalue weighted by molar-refractivity contribution is -0.127. The third-order valence-corrected chi connectivity index (χ3v) is 5.62. The second-order valence-corrected chi connectivity index (χ2v) is 7.84. The molecule has 1 aromatic rings. The zero-order chi connectivity index (χ0) is 18.5.